The zero-order chi connectivity index (χ0) is 24.8. The average Bonchev–Trinajstić information content (AvgIpc) is 2.89. The van der Waals surface area contributed by atoms with E-state index in [0.717, 1.165) is 19.3 Å². The second-order valence-electron chi connectivity index (χ2n) is 8.28. The van der Waals surface area contributed by atoms with Crippen molar-refractivity contribution < 1.29 is 28.6 Å². The standard InChI is InChI=1S/C28H36O6/c1-4-7-14-22(5-2)27(31)32-21-28(6-3,33-19-25(29)23-15-10-8-11-16-23)34-20-26(30)24-17-12-9-13-18-24/h8-13,15-18,22H,4-7,14,19-21H2,1-3H3. The Kier molecular flexibility index (Phi) is 11.6. The molecule has 0 spiro atoms. The van der Waals surface area contributed by atoms with E-state index in [9.17, 15) is 14.4 Å². The Morgan fingerprint density at radius 3 is 1.71 bits per heavy atom. The molecule has 0 saturated carbocycles. The summed E-state index contributed by atoms with van der Waals surface area (Å²) in [5.74, 6) is -2.38. The van der Waals surface area contributed by atoms with Crippen LogP contribution in [0.5, 0.6) is 0 Å². The second kappa shape index (κ2) is 14.4. The van der Waals surface area contributed by atoms with Crippen LogP contribution >= 0.6 is 0 Å². The van der Waals surface area contributed by atoms with Crippen LogP contribution in [-0.2, 0) is 19.0 Å². The monoisotopic (exact) mass is 468 g/mol. The molecule has 0 aliphatic heterocycles. The third-order valence-electron chi connectivity index (χ3n) is 5.83. The van der Waals surface area contributed by atoms with Gasteiger partial charge in [-0.2, -0.15) is 0 Å². The van der Waals surface area contributed by atoms with Crippen LogP contribution < -0.4 is 0 Å². The lowest BCUT2D eigenvalue weighted by molar-refractivity contribution is -0.250. The molecule has 2 aromatic carbocycles. The van der Waals surface area contributed by atoms with E-state index in [1.54, 1.807) is 48.5 Å². The Hall–Kier alpha value is -2.83. The molecule has 0 aliphatic carbocycles. The first-order valence-electron chi connectivity index (χ1n) is 12.1. The highest BCUT2D eigenvalue weighted by molar-refractivity contribution is 5.97. The van der Waals surface area contributed by atoms with E-state index in [4.69, 9.17) is 14.2 Å². The molecule has 0 N–H and O–H groups in total. The highest BCUT2D eigenvalue weighted by atomic mass is 16.7. The molecule has 0 fully saturated rings. The van der Waals surface area contributed by atoms with Crippen LogP contribution in [0.4, 0.5) is 0 Å². The van der Waals surface area contributed by atoms with E-state index in [1.165, 1.54) is 0 Å². The summed E-state index contributed by atoms with van der Waals surface area (Å²) in [6.07, 6.45) is 3.66. The van der Waals surface area contributed by atoms with Crippen molar-refractivity contribution in [1.82, 2.24) is 0 Å². The first-order valence-corrected chi connectivity index (χ1v) is 12.1. The van der Waals surface area contributed by atoms with Gasteiger partial charge in [-0.3, -0.25) is 14.4 Å². The fourth-order valence-corrected chi connectivity index (χ4v) is 3.48. The zero-order valence-electron chi connectivity index (χ0n) is 20.5. The first kappa shape index (κ1) is 27.4. The Morgan fingerprint density at radius 2 is 1.29 bits per heavy atom. The lowest BCUT2D eigenvalue weighted by atomic mass is 10.00. The van der Waals surface area contributed by atoms with Crippen molar-refractivity contribution in [2.75, 3.05) is 19.8 Å². The molecule has 2 aromatic rings. The maximum absolute atomic E-state index is 12.7. The topological polar surface area (TPSA) is 78.9 Å². The molecule has 0 aliphatic rings. The van der Waals surface area contributed by atoms with E-state index < -0.39 is 5.79 Å². The average molecular weight is 469 g/mol. The summed E-state index contributed by atoms with van der Waals surface area (Å²) in [6, 6.07) is 17.6. The van der Waals surface area contributed by atoms with Gasteiger partial charge < -0.3 is 14.2 Å². The molecule has 0 aromatic heterocycles. The van der Waals surface area contributed by atoms with Gasteiger partial charge in [0, 0.05) is 17.5 Å². The summed E-state index contributed by atoms with van der Waals surface area (Å²) in [7, 11) is 0. The Bertz CT molecular complexity index is 838. The molecule has 2 rings (SSSR count). The molecule has 1 unspecified atom stereocenters. The van der Waals surface area contributed by atoms with Gasteiger partial charge in [0.25, 0.3) is 0 Å². The van der Waals surface area contributed by atoms with Gasteiger partial charge in [0.05, 0.1) is 5.92 Å². The minimum Gasteiger partial charge on any atom is -0.460 e. The highest BCUT2D eigenvalue weighted by Gasteiger charge is 2.35. The number of carbonyl (C=O) groups is 3. The number of ketones is 2. The molecule has 0 heterocycles. The number of ether oxygens (including phenoxy) is 3. The molecular weight excluding hydrogens is 432 g/mol. The number of hydrogen-bond donors (Lipinski definition) is 0. The minimum atomic E-state index is -1.41. The summed E-state index contributed by atoms with van der Waals surface area (Å²) in [6.45, 7) is 5.12. The molecule has 6 heteroatoms. The normalized spacial score (nSPS) is 12.2. The highest BCUT2D eigenvalue weighted by Crippen LogP contribution is 2.23. The smallest absolute Gasteiger partial charge is 0.309 e. The number of carbonyl (C=O) groups excluding carboxylic acids is 3. The van der Waals surface area contributed by atoms with Crippen molar-refractivity contribution in [3.8, 4) is 0 Å². The zero-order valence-corrected chi connectivity index (χ0v) is 20.5. The van der Waals surface area contributed by atoms with Gasteiger partial charge in [-0.25, -0.2) is 0 Å². The lowest BCUT2D eigenvalue weighted by Gasteiger charge is -2.32. The molecule has 0 amide bonds. The summed E-state index contributed by atoms with van der Waals surface area (Å²) < 4.78 is 17.5. The number of rotatable bonds is 16. The van der Waals surface area contributed by atoms with Crippen molar-refractivity contribution in [3.63, 3.8) is 0 Å². The number of benzene rings is 2. The van der Waals surface area contributed by atoms with Crippen LogP contribution in [0.2, 0.25) is 0 Å². The van der Waals surface area contributed by atoms with Crippen molar-refractivity contribution in [3.05, 3.63) is 71.8 Å². The molecule has 184 valence electrons. The number of esters is 1. The Morgan fingerprint density at radius 1 is 0.794 bits per heavy atom. The Labute approximate surface area is 202 Å². The third kappa shape index (κ3) is 8.50. The van der Waals surface area contributed by atoms with Crippen LogP contribution in [-0.4, -0.2) is 43.1 Å². The van der Waals surface area contributed by atoms with E-state index >= 15 is 0 Å². The molecule has 1 atom stereocenters. The summed E-state index contributed by atoms with van der Waals surface area (Å²) in [5, 5.41) is 0. The van der Waals surface area contributed by atoms with Gasteiger partial charge in [-0.1, -0.05) is 94.3 Å². The predicted molar refractivity (Wildman–Crippen MR) is 131 cm³/mol. The Balaban J connectivity index is 2.11. The van der Waals surface area contributed by atoms with Gasteiger partial charge in [-0.15, -0.1) is 0 Å². The van der Waals surface area contributed by atoms with E-state index in [0.29, 0.717) is 17.5 Å². The maximum atomic E-state index is 12.7. The molecule has 0 bridgehead atoms. The quantitative estimate of drug-likeness (QED) is 0.180. The van der Waals surface area contributed by atoms with Gasteiger partial charge in [0.1, 0.15) is 19.8 Å². The third-order valence-corrected chi connectivity index (χ3v) is 5.83. The SMILES string of the molecule is CCCCC(CC)C(=O)OCC(CC)(OCC(=O)c1ccccc1)OCC(=O)c1ccccc1. The minimum absolute atomic E-state index is 0.199. The van der Waals surface area contributed by atoms with Gasteiger partial charge >= 0.3 is 5.97 Å². The largest absolute Gasteiger partial charge is 0.460 e. The summed E-state index contributed by atoms with van der Waals surface area (Å²) >= 11 is 0. The molecule has 34 heavy (non-hydrogen) atoms. The summed E-state index contributed by atoms with van der Waals surface area (Å²) in [4.78, 5) is 37.9. The van der Waals surface area contributed by atoms with Crippen molar-refractivity contribution in [2.45, 2.75) is 58.7 Å². The maximum Gasteiger partial charge on any atom is 0.309 e. The van der Waals surface area contributed by atoms with E-state index in [2.05, 4.69) is 6.92 Å². The number of Topliss-reactive ketones (excluding diaryl/α,β-unsaturated/α-hetero) is 2. The summed E-state index contributed by atoms with van der Waals surface area (Å²) in [5.41, 5.74) is 1.02. The first-order chi connectivity index (χ1) is 16.4. The molecular formula is C28H36O6. The fraction of sp³-hybridized carbons (Fsp3) is 0.464. The second-order valence-corrected chi connectivity index (χ2v) is 8.28. The van der Waals surface area contributed by atoms with Crippen LogP contribution in [0.3, 0.4) is 0 Å². The van der Waals surface area contributed by atoms with Gasteiger partial charge in [0.15, 0.2) is 11.6 Å². The molecule has 0 radical (unpaired) electrons. The van der Waals surface area contributed by atoms with E-state index in [-0.39, 0.29) is 49.7 Å². The van der Waals surface area contributed by atoms with Crippen molar-refractivity contribution in [2.24, 2.45) is 5.92 Å². The van der Waals surface area contributed by atoms with Crippen LogP contribution in [0.15, 0.2) is 60.7 Å². The van der Waals surface area contributed by atoms with E-state index in [1.807, 2.05) is 26.0 Å². The van der Waals surface area contributed by atoms with Crippen molar-refractivity contribution >= 4 is 17.5 Å². The fourth-order valence-electron chi connectivity index (χ4n) is 3.48. The van der Waals surface area contributed by atoms with Crippen LogP contribution in [0.1, 0.15) is 73.6 Å². The predicted octanol–water partition coefficient (Wildman–Crippen LogP) is 5.65. The van der Waals surface area contributed by atoms with Gasteiger partial charge in [0.2, 0.25) is 5.79 Å². The molecule has 6 nitrogen and oxygen atoms in total. The van der Waals surface area contributed by atoms with Gasteiger partial charge in [-0.05, 0) is 12.8 Å². The number of unbranched alkanes of at least 4 members (excludes halogenated alkanes) is 1. The van der Waals surface area contributed by atoms with Crippen LogP contribution in [0, 0.1) is 5.92 Å². The molecule has 0 saturated heterocycles. The number of hydrogen-bond acceptors (Lipinski definition) is 6. The van der Waals surface area contributed by atoms with Crippen molar-refractivity contribution in [1.29, 1.82) is 0 Å². The van der Waals surface area contributed by atoms with Crippen LogP contribution in [0.25, 0.3) is 0 Å². The lowest BCUT2D eigenvalue weighted by Crippen LogP contribution is -2.44.